The first-order valence-corrected chi connectivity index (χ1v) is 7.64. The number of hydrogen-bond acceptors (Lipinski definition) is 4. The van der Waals surface area contributed by atoms with Crippen molar-refractivity contribution in [1.82, 2.24) is 15.1 Å². The molecular formula is C17H23N3O2. The van der Waals surface area contributed by atoms with Crippen molar-refractivity contribution in [2.24, 2.45) is 0 Å². The minimum atomic E-state index is -0.232. The van der Waals surface area contributed by atoms with Crippen LogP contribution < -0.4 is 4.74 Å². The summed E-state index contributed by atoms with van der Waals surface area (Å²) in [5.41, 5.74) is 2.10. The highest BCUT2D eigenvalue weighted by Crippen LogP contribution is 2.27. The minimum Gasteiger partial charge on any atom is -0.491 e. The molecule has 5 nitrogen and oxygen atoms in total. The van der Waals surface area contributed by atoms with Gasteiger partial charge < -0.3 is 9.47 Å². The Morgan fingerprint density at radius 2 is 2.27 bits per heavy atom. The molecule has 1 aliphatic heterocycles. The van der Waals surface area contributed by atoms with Crippen LogP contribution in [0.25, 0.3) is 0 Å². The first kappa shape index (κ1) is 15.1. The number of ether oxygens (including phenoxy) is 2. The number of aromatic amines is 1. The van der Waals surface area contributed by atoms with Crippen molar-refractivity contribution in [2.45, 2.75) is 25.5 Å². The van der Waals surface area contributed by atoms with Gasteiger partial charge in [-0.2, -0.15) is 5.10 Å². The highest BCUT2D eigenvalue weighted by Gasteiger charge is 2.39. The van der Waals surface area contributed by atoms with Crippen LogP contribution in [0.15, 0.2) is 36.5 Å². The molecule has 0 spiro atoms. The second kappa shape index (κ2) is 6.50. The van der Waals surface area contributed by atoms with Crippen LogP contribution in [-0.2, 0) is 11.3 Å². The molecule has 5 heteroatoms. The summed E-state index contributed by atoms with van der Waals surface area (Å²) in [7, 11) is 1.78. The zero-order chi connectivity index (χ0) is 15.4. The topological polar surface area (TPSA) is 50.4 Å². The van der Waals surface area contributed by atoms with Gasteiger partial charge in [0.15, 0.2) is 0 Å². The number of likely N-dealkylation sites (tertiary alicyclic amines) is 1. The molecular weight excluding hydrogens is 278 g/mol. The van der Waals surface area contributed by atoms with Crippen molar-refractivity contribution in [3.63, 3.8) is 0 Å². The SMILES string of the molecule is CO[C@]1(COc2cccc(C)c2)CCN(Cc2ccn[nH]2)C1. The standard InChI is InChI=1S/C17H23N3O2/c1-14-4-3-5-16(10-14)22-13-17(21-2)7-9-20(12-17)11-15-6-8-18-19-15/h3-6,8,10H,7,9,11-13H2,1-2H3,(H,18,19)/t17-/m1/s1. The van der Waals surface area contributed by atoms with Gasteiger partial charge in [-0.3, -0.25) is 10.00 Å². The van der Waals surface area contributed by atoms with Crippen LogP contribution in [0.3, 0.4) is 0 Å². The zero-order valence-corrected chi connectivity index (χ0v) is 13.2. The fourth-order valence-corrected chi connectivity index (χ4v) is 2.94. The predicted molar refractivity (Wildman–Crippen MR) is 84.9 cm³/mol. The lowest BCUT2D eigenvalue weighted by atomic mass is 10.0. The molecule has 118 valence electrons. The number of methoxy groups -OCH3 is 1. The number of benzene rings is 1. The molecule has 1 fully saturated rings. The monoisotopic (exact) mass is 301 g/mol. The number of rotatable bonds is 6. The summed E-state index contributed by atoms with van der Waals surface area (Å²) in [4.78, 5) is 2.37. The second-order valence-corrected chi connectivity index (χ2v) is 6.03. The van der Waals surface area contributed by atoms with Gasteiger partial charge in [0.2, 0.25) is 0 Å². The maximum Gasteiger partial charge on any atom is 0.119 e. The van der Waals surface area contributed by atoms with Gasteiger partial charge in [0.25, 0.3) is 0 Å². The third kappa shape index (κ3) is 3.48. The summed E-state index contributed by atoms with van der Waals surface area (Å²) >= 11 is 0. The van der Waals surface area contributed by atoms with Crippen LogP contribution in [0.1, 0.15) is 17.7 Å². The Morgan fingerprint density at radius 3 is 3.00 bits per heavy atom. The zero-order valence-electron chi connectivity index (χ0n) is 13.2. The van der Waals surface area contributed by atoms with Crippen LogP contribution in [0.2, 0.25) is 0 Å². The second-order valence-electron chi connectivity index (χ2n) is 6.03. The van der Waals surface area contributed by atoms with E-state index in [0.717, 1.165) is 37.5 Å². The average molecular weight is 301 g/mol. The van der Waals surface area contributed by atoms with Gasteiger partial charge in [-0.1, -0.05) is 12.1 Å². The summed E-state index contributed by atoms with van der Waals surface area (Å²) in [6.45, 7) is 5.39. The Labute approximate surface area is 131 Å². The summed E-state index contributed by atoms with van der Waals surface area (Å²) in [5, 5.41) is 7.01. The Kier molecular flexibility index (Phi) is 4.45. The molecule has 1 aromatic carbocycles. The summed E-state index contributed by atoms with van der Waals surface area (Å²) in [6, 6.07) is 10.1. The molecule has 0 amide bonds. The quantitative estimate of drug-likeness (QED) is 0.890. The minimum absolute atomic E-state index is 0.232. The van der Waals surface area contributed by atoms with E-state index >= 15 is 0 Å². The van der Waals surface area contributed by atoms with Crippen LogP contribution in [0, 0.1) is 6.92 Å². The van der Waals surface area contributed by atoms with Gasteiger partial charge in [-0.05, 0) is 37.1 Å². The predicted octanol–water partition coefficient (Wildman–Crippen LogP) is 2.39. The Hall–Kier alpha value is -1.85. The van der Waals surface area contributed by atoms with Gasteiger partial charge in [0, 0.05) is 38.6 Å². The lowest BCUT2D eigenvalue weighted by Gasteiger charge is -2.28. The third-order valence-electron chi connectivity index (χ3n) is 4.27. The fourth-order valence-electron chi connectivity index (χ4n) is 2.94. The van der Waals surface area contributed by atoms with E-state index in [2.05, 4.69) is 34.2 Å². The van der Waals surface area contributed by atoms with E-state index in [1.165, 1.54) is 5.56 Å². The van der Waals surface area contributed by atoms with Gasteiger partial charge in [0.05, 0.1) is 0 Å². The molecule has 0 bridgehead atoms. The smallest absolute Gasteiger partial charge is 0.119 e. The van der Waals surface area contributed by atoms with Crippen molar-refractivity contribution >= 4 is 0 Å². The van der Waals surface area contributed by atoms with E-state index in [1.54, 1.807) is 13.3 Å². The third-order valence-corrected chi connectivity index (χ3v) is 4.27. The number of hydrogen-bond donors (Lipinski definition) is 1. The Balaban J connectivity index is 1.58. The fraction of sp³-hybridized carbons (Fsp3) is 0.471. The molecule has 2 aromatic rings. The number of H-pyrrole nitrogens is 1. The van der Waals surface area contributed by atoms with E-state index in [1.807, 2.05) is 18.2 Å². The summed E-state index contributed by atoms with van der Waals surface area (Å²) < 4.78 is 11.8. The molecule has 0 radical (unpaired) electrons. The molecule has 22 heavy (non-hydrogen) atoms. The molecule has 1 saturated heterocycles. The van der Waals surface area contributed by atoms with Gasteiger partial charge in [-0.25, -0.2) is 0 Å². The van der Waals surface area contributed by atoms with Gasteiger partial charge in [-0.15, -0.1) is 0 Å². The normalized spacial score (nSPS) is 22.1. The van der Waals surface area contributed by atoms with Crippen molar-refractivity contribution in [3.8, 4) is 5.75 Å². The maximum atomic E-state index is 5.98. The Morgan fingerprint density at radius 1 is 1.36 bits per heavy atom. The van der Waals surface area contributed by atoms with Gasteiger partial charge >= 0.3 is 0 Å². The number of nitrogens with zero attached hydrogens (tertiary/aromatic N) is 2. The molecule has 2 heterocycles. The molecule has 1 N–H and O–H groups in total. The molecule has 0 unspecified atom stereocenters. The largest absolute Gasteiger partial charge is 0.491 e. The number of aryl methyl sites for hydroxylation is 1. The van der Waals surface area contributed by atoms with E-state index in [9.17, 15) is 0 Å². The molecule has 1 aliphatic rings. The van der Waals surface area contributed by atoms with E-state index in [0.29, 0.717) is 6.61 Å². The van der Waals surface area contributed by atoms with Crippen LogP contribution >= 0.6 is 0 Å². The lowest BCUT2D eigenvalue weighted by Crippen LogP contribution is -2.41. The molecule has 1 aromatic heterocycles. The Bertz CT molecular complexity index is 600. The van der Waals surface area contributed by atoms with E-state index < -0.39 is 0 Å². The van der Waals surface area contributed by atoms with E-state index in [4.69, 9.17) is 9.47 Å². The van der Waals surface area contributed by atoms with Crippen molar-refractivity contribution in [2.75, 3.05) is 26.8 Å². The van der Waals surface area contributed by atoms with Crippen molar-refractivity contribution < 1.29 is 9.47 Å². The molecule has 3 rings (SSSR count). The highest BCUT2D eigenvalue weighted by molar-refractivity contribution is 5.27. The van der Waals surface area contributed by atoms with Crippen molar-refractivity contribution in [3.05, 3.63) is 47.8 Å². The molecule has 1 atom stereocenters. The molecule has 0 saturated carbocycles. The number of nitrogens with one attached hydrogen (secondary N) is 1. The molecule has 0 aliphatic carbocycles. The average Bonchev–Trinajstić information content (AvgIpc) is 3.16. The number of aromatic nitrogens is 2. The maximum absolute atomic E-state index is 5.98. The first-order chi connectivity index (χ1) is 10.7. The van der Waals surface area contributed by atoms with Gasteiger partial charge in [0.1, 0.15) is 18.0 Å². The van der Waals surface area contributed by atoms with Crippen LogP contribution in [0.5, 0.6) is 5.75 Å². The van der Waals surface area contributed by atoms with E-state index in [-0.39, 0.29) is 5.60 Å². The van der Waals surface area contributed by atoms with Crippen LogP contribution in [-0.4, -0.2) is 47.5 Å². The first-order valence-electron chi connectivity index (χ1n) is 7.64. The van der Waals surface area contributed by atoms with Crippen molar-refractivity contribution in [1.29, 1.82) is 0 Å². The highest BCUT2D eigenvalue weighted by atomic mass is 16.5. The lowest BCUT2D eigenvalue weighted by molar-refractivity contribution is -0.0360. The van der Waals surface area contributed by atoms with Crippen LogP contribution in [0.4, 0.5) is 0 Å². The summed E-state index contributed by atoms with van der Waals surface area (Å²) in [6.07, 6.45) is 2.76. The summed E-state index contributed by atoms with van der Waals surface area (Å²) in [5.74, 6) is 0.906.